The number of nitrogens with zero attached hydrogens (tertiary/aromatic N) is 1. The van der Waals surface area contributed by atoms with E-state index in [-0.39, 0.29) is 0 Å². The van der Waals surface area contributed by atoms with E-state index in [1.54, 1.807) is 6.92 Å². The first-order chi connectivity index (χ1) is 5.09. The minimum atomic E-state index is -2.39. The molecule has 0 atom stereocenters. The van der Waals surface area contributed by atoms with Gasteiger partial charge in [-0.05, 0) is 18.7 Å². The van der Waals surface area contributed by atoms with E-state index in [0.717, 1.165) is 11.3 Å². The van der Waals surface area contributed by atoms with Crippen molar-refractivity contribution in [1.29, 1.82) is 0 Å². The smallest absolute Gasteiger partial charge is 0.289 e. The van der Waals surface area contributed by atoms with Gasteiger partial charge in [0.25, 0.3) is 5.76 Å². The SMILES string of the molecule is Cc1nc(N)sc1SC(F)F. The Morgan fingerprint density at radius 2 is 2.27 bits per heavy atom. The second-order valence-corrected chi connectivity index (χ2v) is 4.09. The lowest BCUT2D eigenvalue weighted by atomic mass is 10.6. The van der Waals surface area contributed by atoms with E-state index >= 15 is 0 Å². The van der Waals surface area contributed by atoms with Gasteiger partial charge in [0.05, 0.1) is 9.90 Å². The lowest BCUT2D eigenvalue weighted by Crippen LogP contribution is -1.81. The minimum absolute atomic E-state index is 0.339. The van der Waals surface area contributed by atoms with Crippen molar-refractivity contribution in [3.63, 3.8) is 0 Å². The molecule has 0 spiro atoms. The lowest BCUT2D eigenvalue weighted by Gasteiger charge is -1.93. The zero-order valence-electron chi connectivity index (χ0n) is 5.67. The van der Waals surface area contributed by atoms with E-state index in [0.29, 0.717) is 26.8 Å². The molecule has 1 rings (SSSR count). The average Bonchev–Trinajstić information content (AvgIpc) is 2.09. The number of halogens is 2. The first-order valence-corrected chi connectivity index (χ1v) is 4.47. The van der Waals surface area contributed by atoms with E-state index in [4.69, 9.17) is 5.73 Å². The fourth-order valence-corrected chi connectivity index (χ4v) is 2.20. The van der Waals surface area contributed by atoms with Crippen LogP contribution in [-0.2, 0) is 0 Å². The van der Waals surface area contributed by atoms with Gasteiger partial charge in [-0.25, -0.2) is 4.98 Å². The van der Waals surface area contributed by atoms with Crippen LogP contribution in [0.4, 0.5) is 13.9 Å². The second kappa shape index (κ2) is 3.36. The average molecular weight is 196 g/mol. The number of alkyl halides is 2. The van der Waals surface area contributed by atoms with E-state index in [1.807, 2.05) is 0 Å². The summed E-state index contributed by atoms with van der Waals surface area (Å²) in [6.45, 7) is 1.66. The Hall–Kier alpha value is -0.360. The number of aromatic nitrogens is 1. The number of anilines is 1. The highest BCUT2D eigenvalue weighted by atomic mass is 32.2. The van der Waals surface area contributed by atoms with Crippen LogP contribution in [-0.4, -0.2) is 10.7 Å². The van der Waals surface area contributed by atoms with Crippen LogP contribution in [0.5, 0.6) is 0 Å². The van der Waals surface area contributed by atoms with Gasteiger partial charge in [-0.15, -0.1) is 0 Å². The Kier molecular flexibility index (Phi) is 2.67. The number of hydrogen-bond donors (Lipinski definition) is 1. The Labute approximate surface area is 70.8 Å². The Morgan fingerprint density at radius 1 is 1.64 bits per heavy atom. The quantitative estimate of drug-likeness (QED) is 0.738. The molecule has 0 aliphatic carbocycles. The maximum Gasteiger partial charge on any atom is 0.289 e. The van der Waals surface area contributed by atoms with Gasteiger partial charge in [0.2, 0.25) is 0 Å². The topological polar surface area (TPSA) is 38.9 Å². The summed E-state index contributed by atoms with van der Waals surface area (Å²) < 4.78 is 24.1. The molecular weight excluding hydrogens is 190 g/mol. The monoisotopic (exact) mass is 196 g/mol. The largest absolute Gasteiger partial charge is 0.375 e. The summed E-state index contributed by atoms with van der Waals surface area (Å²) in [4.78, 5) is 3.81. The summed E-state index contributed by atoms with van der Waals surface area (Å²) in [5.41, 5.74) is 5.89. The first kappa shape index (κ1) is 8.73. The zero-order chi connectivity index (χ0) is 8.43. The predicted molar refractivity (Wildman–Crippen MR) is 43.1 cm³/mol. The molecule has 0 amide bonds. The maximum absolute atomic E-state index is 11.8. The summed E-state index contributed by atoms with van der Waals surface area (Å²) in [5, 5.41) is 0.339. The molecule has 1 aromatic heterocycles. The third kappa shape index (κ3) is 2.30. The highest BCUT2D eigenvalue weighted by molar-refractivity contribution is 8.01. The van der Waals surface area contributed by atoms with Crippen LogP contribution in [0.25, 0.3) is 0 Å². The summed E-state index contributed by atoms with van der Waals surface area (Å²) in [6.07, 6.45) is 0. The highest BCUT2D eigenvalue weighted by Crippen LogP contribution is 2.34. The van der Waals surface area contributed by atoms with Crippen LogP contribution >= 0.6 is 23.1 Å². The van der Waals surface area contributed by atoms with Crippen LogP contribution in [0.2, 0.25) is 0 Å². The number of nitrogen functional groups attached to an aromatic ring is 1. The normalized spacial score (nSPS) is 10.9. The van der Waals surface area contributed by atoms with Crippen molar-refractivity contribution in [2.45, 2.75) is 16.9 Å². The van der Waals surface area contributed by atoms with Gasteiger partial charge in [0.1, 0.15) is 0 Å². The highest BCUT2D eigenvalue weighted by Gasteiger charge is 2.11. The van der Waals surface area contributed by atoms with Gasteiger partial charge < -0.3 is 5.73 Å². The fraction of sp³-hybridized carbons (Fsp3) is 0.400. The van der Waals surface area contributed by atoms with Crippen molar-refractivity contribution < 1.29 is 8.78 Å². The van der Waals surface area contributed by atoms with Crippen LogP contribution in [0.15, 0.2) is 4.21 Å². The first-order valence-electron chi connectivity index (χ1n) is 2.77. The molecule has 6 heteroatoms. The fourth-order valence-electron chi connectivity index (χ4n) is 0.593. The molecule has 0 aliphatic heterocycles. The van der Waals surface area contributed by atoms with Gasteiger partial charge in [-0.3, -0.25) is 0 Å². The molecule has 0 bridgehead atoms. The third-order valence-electron chi connectivity index (χ3n) is 0.967. The zero-order valence-corrected chi connectivity index (χ0v) is 7.31. The number of nitrogens with two attached hydrogens (primary N) is 1. The number of aryl methyl sites for hydroxylation is 1. The van der Waals surface area contributed by atoms with Crippen molar-refractivity contribution in [1.82, 2.24) is 4.98 Å². The van der Waals surface area contributed by atoms with Crippen molar-refractivity contribution in [2.24, 2.45) is 0 Å². The minimum Gasteiger partial charge on any atom is -0.375 e. The van der Waals surface area contributed by atoms with Crippen molar-refractivity contribution in [2.75, 3.05) is 5.73 Å². The molecule has 0 fully saturated rings. The van der Waals surface area contributed by atoms with E-state index in [9.17, 15) is 8.78 Å². The molecule has 0 radical (unpaired) electrons. The molecule has 2 nitrogen and oxygen atoms in total. The van der Waals surface area contributed by atoms with Gasteiger partial charge >= 0.3 is 0 Å². The molecule has 0 aromatic carbocycles. The Morgan fingerprint density at radius 3 is 2.64 bits per heavy atom. The predicted octanol–water partition coefficient (Wildman–Crippen LogP) is 2.35. The van der Waals surface area contributed by atoms with Crippen molar-refractivity contribution in [3.05, 3.63) is 5.69 Å². The van der Waals surface area contributed by atoms with Crippen molar-refractivity contribution >= 4 is 28.2 Å². The molecule has 0 aliphatic rings. The summed E-state index contributed by atoms with van der Waals surface area (Å²) in [5.74, 6) is -2.39. The summed E-state index contributed by atoms with van der Waals surface area (Å²) in [7, 11) is 0. The molecule has 1 aromatic rings. The van der Waals surface area contributed by atoms with Crippen LogP contribution < -0.4 is 5.73 Å². The molecule has 2 N–H and O–H groups in total. The van der Waals surface area contributed by atoms with E-state index in [2.05, 4.69) is 4.98 Å². The maximum atomic E-state index is 11.8. The molecule has 0 saturated carbocycles. The van der Waals surface area contributed by atoms with Crippen LogP contribution in [0.3, 0.4) is 0 Å². The van der Waals surface area contributed by atoms with Gasteiger partial charge in [0, 0.05) is 0 Å². The van der Waals surface area contributed by atoms with Crippen molar-refractivity contribution in [3.8, 4) is 0 Å². The van der Waals surface area contributed by atoms with Gasteiger partial charge in [-0.2, -0.15) is 8.78 Å². The summed E-state index contributed by atoms with van der Waals surface area (Å²) >= 11 is 1.58. The molecule has 1 heterocycles. The standard InChI is InChI=1S/C5H6F2N2S2/c1-2-3(10-4(6)7)11-5(8)9-2/h4H,1H3,(H2,8,9). The van der Waals surface area contributed by atoms with Gasteiger partial charge in [0.15, 0.2) is 5.13 Å². The Balaban J connectivity index is 2.77. The van der Waals surface area contributed by atoms with Crippen LogP contribution in [0, 0.1) is 6.92 Å². The lowest BCUT2D eigenvalue weighted by molar-refractivity contribution is 0.252. The van der Waals surface area contributed by atoms with Crippen LogP contribution in [0.1, 0.15) is 5.69 Å². The summed E-state index contributed by atoms with van der Waals surface area (Å²) in [6, 6.07) is 0. The number of hydrogen-bond acceptors (Lipinski definition) is 4. The Bertz CT molecular complexity index is 249. The molecule has 0 unspecified atom stereocenters. The number of rotatable bonds is 2. The molecule has 0 saturated heterocycles. The van der Waals surface area contributed by atoms with E-state index < -0.39 is 5.76 Å². The van der Waals surface area contributed by atoms with Gasteiger partial charge in [-0.1, -0.05) is 11.3 Å². The molecule has 62 valence electrons. The molecular formula is C5H6F2N2S2. The third-order valence-corrected chi connectivity index (χ3v) is 2.97. The van der Waals surface area contributed by atoms with E-state index in [1.165, 1.54) is 0 Å². The molecule has 11 heavy (non-hydrogen) atoms. The number of thiazole rings is 1. The number of thioether (sulfide) groups is 1. The second-order valence-electron chi connectivity index (χ2n) is 1.80.